The Morgan fingerprint density at radius 2 is 1.31 bits per heavy atom. The van der Waals surface area contributed by atoms with E-state index < -0.39 is 0 Å². The van der Waals surface area contributed by atoms with E-state index in [0.29, 0.717) is 31.3 Å². The van der Waals surface area contributed by atoms with Gasteiger partial charge in [0.05, 0.1) is 12.7 Å². The van der Waals surface area contributed by atoms with Gasteiger partial charge >= 0.3 is 0 Å². The van der Waals surface area contributed by atoms with Crippen molar-refractivity contribution in [3.8, 4) is 23.0 Å². The van der Waals surface area contributed by atoms with Crippen molar-refractivity contribution in [2.45, 2.75) is 24.9 Å². The summed E-state index contributed by atoms with van der Waals surface area (Å²) in [6, 6.07) is 12.6. The largest absolute Gasteiger partial charge is 0.454 e. The van der Waals surface area contributed by atoms with Gasteiger partial charge < -0.3 is 23.7 Å². The van der Waals surface area contributed by atoms with E-state index in [9.17, 15) is 0 Å². The fourth-order valence-corrected chi connectivity index (χ4v) is 5.04. The number of rotatable bonds is 2. The molecule has 0 amide bonds. The molecular weight excluding hydrogens is 332 g/mol. The number of hydrogen-bond donors (Lipinski definition) is 0. The maximum atomic E-state index is 6.26. The topological polar surface area (TPSA) is 46.2 Å². The van der Waals surface area contributed by atoms with Crippen LogP contribution in [0.5, 0.6) is 23.0 Å². The number of benzene rings is 2. The zero-order valence-corrected chi connectivity index (χ0v) is 14.4. The molecule has 0 bridgehead atoms. The summed E-state index contributed by atoms with van der Waals surface area (Å²) in [6.07, 6.45) is 2.52. The molecule has 4 atom stereocenters. The van der Waals surface area contributed by atoms with Crippen LogP contribution in [0.4, 0.5) is 0 Å². The highest BCUT2D eigenvalue weighted by molar-refractivity contribution is 5.47. The third kappa shape index (κ3) is 2.13. The van der Waals surface area contributed by atoms with Crippen molar-refractivity contribution in [2.24, 2.45) is 11.8 Å². The molecule has 4 aliphatic rings. The maximum absolute atomic E-state index is 6.26. The first-order chi connectivity index (χ1) is 12.9. The number of fused-ring (bicyclic) bond motifs is 3. The maximum Gasteiger partial charge on any atom is 0.231 e. The Kier molecular flexibility index (Phi) is 3.14. The zero-order valence-electron chi connectivity index (χ0n) is 14.4. The van der Waals surface area contributed by atoms with Crippen molar-refractivity contribution in [1.82, 2.24) is 0 Å². The fourth-order valence-electron chi connectivity index (χ4n) is 5.04. The van der Waals surface area contributed by atoms with E-state index in [1.165, 1.54) is 24.0 Å². The van der Waals surface area contributed by atoms with Crippen molar-refractivity contribution in [3.05, 3.63) is 47.5 Å². The second-order valence-electron chi connectivity index (χ2n) is 7.49. The van der Waals surface area contributed by atoms with Gasteiger partial charge in [-0.1, -0.05) is 12.1 Å². The molecule has 1 aliphatic carbocycles. The summed E-state index contributed by atoms with van der Waals surface area (Å²) in [5.74, 6) is 5.00. The molecule has 4 unspecified atom stereocenters. The predicted molar refractivity (Wildman–Crippen MR) is 92.8 cm³/mol. The van der Waals surface area contributed by atoms with Gasteiger partial charge in [-0.05, 0) is 66.0 Å². The molecule has 134 valence electrons. The molecule has 26 heavy (non-hydrogen) atoms. The lowest BCUT2D eigenvalue weighted by molar-refractivity contribution is 0.0844. The smallest absolute Gasteiger partial charge is 0.231 e. The second kappa shape index (κ2) is 5.55. The second-order valence-corrected chi connectivity index (χ2v) is 7.49. The monoisotopic (exact) mass is 352 g/mol. The molecule has 2 aromatic rings. The van der Waals surface area contributed by atoms with Crippen LogP contribution in [0.2, 0.25) is 0 Å². The van der Waals surface area contributed by atoms with Crippen LogP contribution in [-0.2, 0) is 4.74 Å². The standard InChI is InChI=1S/C21H20O5/c1-5-17-19(25-10-23-17)7-12(1)14-3-4-15-16(14)9-22-21(15)13-2-6-18-20(8-13)26-11-24-18/h1-2,5-8,14-16,21H,3-4,9-11H2. The molecule has 0 spiro atoms. The van der Waals surface area contributed by atoms with Gasteiger partial charge in [-0.15, -0.1) is 0 Å². The summed E-state index contributed by atoms with van der Waals surface area (Å²) in [7, 11) is 0. The van der Waals surface area contributed by atoms with Crippen LogP contribution in [-0.4, -0.2) is 20.2 Å². The molecule has 3 heterocycles. The molecule has 5 heteroatoms. The molecule has 2 aromatic carbocycles. The zero-order chi connectivity index (χ0) is 17.1. The Morgan fingerprint density at radius 3 is 2.08 bits per heavy atom. The van der Waals surface area contributed by atoms with E-state index in [4.69, 9.17) is 23.7 Å². The average Bonchev–Trinajstić information content (AvgIpc) is 3.42. The summed E-state index contributed by atoms with van der Waals surface area (Å²) < 4.78 is 28.2. The van der Waals surface area contributed by atoms with E-state index in [0.717, 1.165) is 29.6 Å². The molecule has 1 saturated carbocycles. The first kappa shape index (κ1) is 14.7. The minimum atomic E-state index is 0.147. The van der Waals surface area contributed by atoms with Crippen LogP contribution in [0.1, 0.15) is 36.0 Å². The molecule has 2 fully saturated rings. The first-order valence-corrected chi connectivity index (χ1v) is 9.27. The first-order valence-electron chi connectivity index (χ1n) is 9.27. The van der Waals surface area contributed by atoms with Crippen molar-refractivity contribution < 1.29 is 23.7 Å². The normalized spacial score (nSPS) is 30.6. The van der Waals surface area contributed by atoms with Gasteiger partial charge in [0.25, 0.3) is 0 Å². The molecule has 0 aromatic heterocycles. The highest BCUT2D eigenvalue weighted by Crippen LogP contribution is 2.55. The third-order valence-electron chi connectivity index (χ3n) is 6.28. The van der Waals surface area contributed by atoms with Crippen LogP contribution < -0.4 is 18.9 Å². The molecular formula is C21H20O5. The minimum Gasteiger partial charge on any atom is -0.454 e. The number of ether oxygens (including phenoxy) is 5. The van der Waals surface area contributed by atoms with E-state index in [1.54, 1.807) is 0 Å². The van der Waals surface area contributed by atoms with Crippen LogP contribution in [0.15, 0.2) is 36.4 Å². The quantitative estimate of drug-likeness (QED) is 0.817. The van der Waals surface area contributed by atoms with Crippen molar-refractivity contribution in [3.63, 3.8) is 0 Å². The van der Waals surface area contributed by atoms with Crippen LogP contribution in [0.3, 0.4) is 0 Å². The van der Waals surface area contributed by atoms with Crippen molar-refractivity contribution in [1.29, 1.82) is 0 Å². The lowest BCUT2D eigenvalue weighted by atomic mass is 9.83. The minimum absolute atomic E-state index is 0.147. The molecule has 0 N–H and O–H groups in total. The summed E-state index contributed by atoms with van der Waals surface area (Å²) in [6.45, 7) is 1.44. The predicted octanol–water partition coefficient (Wildman–Crippen LogP) is 4.03. The van der Waals surface area contributed by atoms with E-state index in [2.05, 4.69) is 24.3 Å². The Labute approximate surface area is 151 Å². The molecule has 0 radical (unpaired) electrons. The van der Waals surface area contributed by atoms with Crippen LogP contribution in [0.25, 0.3) is 0 Å². The fraction of sp³-hybridized carbons (Fsp3) is 0.429. The Balaban J connectivity index is 1.27. The molecule has 1 saturated heterocycles. The SMILES string of the molecule is c1cc2c(cc1C1CCC3C(c4ccc5c(c4)OCO5)OCC13)OCO2. The summed E-state index contributed by atoms with van der Waals surface area (Å²) in [5.41, 5.74) is 2.55. The lowest BCUT2D eigenvalue weighted by Crippen LogP contribution is -2.13. The highest BCUT2D eigenvalue weighted by atomic mass is 16.7. The Bertz CT molecular complexity index is 792. The van der Waals surface area contributed by atoms with Gasteiger partial charge in [0.15, 0.2) is 23.0 Å². The van der Waals surface area contributed by atoms with E-state index >= 15 is 0 Å². The van der Waals surface area contributed by atoms with E-state index in [1.807, 2.05) is 12.1 Å². The molecule has 3 aliphatic heterocycles. The van der Waals surface area contributed by atoms with Gasteiger partial charge in [0.1, 0.15) is 0 Å². The van der Waals surface area contributed by atoms with E-state index in [-0.39, 0.29) is 6.10 Å². The summed E-state index contributed by atoms with van der Waals surface area (Å²) in [4.78, 5) is 0. The Hall–Kier alpha value is -2.40. The lowest BCUT2D eigenvalue weighted by Gasteiger charge is -2.19. The van der Waals surface area contributed by atoms with Crippen molar-refractivity contribution in [2.75, 3.05) is 20.2 Å². The summed E-state index contributed by atoms with van der Waals surface area (Å²) in [5, 5.41) is 0. The number of hydrogen-bond acceptors (Lipinski definition) is 5. The molecule has 5 nitrogen and oxygen atoms in total. The summed E-state index contributed by atoms with van der Waals surface area (Å²) >= 11 is 0. The third-order valence-corrected chi connectivity index (χ3v) is 6.28. The van der Waals surface area contributed by atoms with Gasteiger partial charge in [0.2, 0.25) is 13.6 Å². The highest BCUT2D eigenvalue weighted by Gasteiger charge is 2.47. The van der Waals surface area contributed by atoms with Crippen LogP contribution in [0, 0.1) is 11.8 Å². The Morgan fingerprint density at radius 1 is 0.654 bits per heavy atom. The van der Waals surface area contributed by atoms with Gasteiger partial charge in [0, 0.05) is 0 Å². The van der Waals surface area contributed by atoms with Crippen molar-refractivity contribution >= 4 is 0 Å². The van der Waals surface area contributed by atoms with Gasteiger partial charge in [-0.2, -0.15) is 0 Å². The van der Waals surface area contributed by atoms with Gasteiger partial charge in [-0.25, -0.2) is 0 Å². The van der Waals surface area contributed by atoms with Gasteiger partial charge in [-0.3, -0.25) is 0 Å². The molecule has 6 rings (SSSR count). The average molecular weight is 352 g/mol. The van der Waals surface area contributed by atoms with Crippen LogP contribution >= 0.6 is 0 Å².